The van der Waals surface area contributed by atoms with Gasteiger partial charge in [0.2, 0.25) is 5.91 Å². The minimum atomic E-state index is -0.690. The molecule has 0 aliphatic rings. The number of nitro benzene ring substituents is 1. The van der Waals surface area contributed by atoms with E-state index in [2.05, 4.69) is 10.6 Å². The van der Waals surface area contributed by atoms with Crippen LogP contribution in [0, 0.1) is 17.0 Å². The van der Waals surface area contributed by atoms with E-state index in [4.69, 9.17) is 11.6 Å². The van der Waals surface area contributed by atoms with E-state index in [9.17, 15) is 19.7 Å². The van der Waals surface area contributed by atoms with Crippen molar-refractivity contribution in [1.82, 2.24) is 10.6 Å². The second kappa shape index (κ2) is 6.74. The average molecular weight is 328 g/mol. The SMILES string of the molecule is Cc1cc(Cl)cc([N+](=O)[O-])c1C(=O)NCC(=O)NC(C)(C)C. The lowest BCUT2D eigenvalue weighted by atomic mass is 10.1. The molecule has 0 unspecified atom stereocenters. The van der Waals surface area contributed by atoms with Crippen molar-refractivity contribution in [2.24, 2.45) is 0 Å². The van der Waals surface area contributed by atoms with Gasteiger partial charge in [0.25, 0.3) is 11.6 Å². The number of nitrogens with one attached hydrogen (secondary N) is 2. The van der Waals surface area contributed by atoms with Crippen LogP contribution in [-0.4, -0.2) is 28.8 Å². The van der Waals surface area contributed by atoms with E-state index in [-0.39, 0.29) is 23.0 Å². The van der Waals surface area contributed by atoms with Crippen LogP contribution in [0.1, 0.15) is 36.7 Å². The molecule has 0 aliphatic heterocycles. The summed E-state index contributed by atoms with van der Waals surface area (Å²) in [6.45, 7) is 6.70. The first-order valence-electron chi connectivity index (χ1n) is 6.55. The topological polar surface area (TPSA) is 101 Å². The minimum Gasteiger partial charge on any atom is -0.350 e. The van der Waals surface area contributed by atoms with Crippen molar-refractivity contribution in [3.8, 4) is 0 Å². The largest absolute Gasteiger partial charge is 0.350 e. The lowest BCUT2D eigenvalue weighted by molar-refractivity contribution is -0.385. The molecule has 22 heavy (non-hydrogen) atoms. The fourth-order valence-electron chi connectivity index (χ4n) is 1.88. The molecule has 0 radical (unpaired) electrons. The molecule has 8 heteroatoms. The van der Waals surface area contributed by atoms with Gasteiger partial charge in [-0.2, -0.15) is 0 Å². The van der Waals surface area contributed by atoms with Crippen molar-refractivity contribution in [2.45, 2.75) is 33.2 Å². The number of carbonyl (C=O) groups excluding carboxylic acids is 2. The predicted octanol–water partition coefficient (Wildman–Crippen LogP) is 2.20. The van der Waals surface area contributed by atoms with E-state index in [1.165, 1.54) is 6.07 Å². The van der Waals surface area contributed by atoms with E-state index in [1.54, 1.807) is 27.7 Å². The standard InChI is InChI=1S/C14H18ClN3O4/c1-8-5-9(15)6-10(18(21)22)12(8)13(20)16-7-11(19)17-14(2,3)4/h5-6H,7H2,1-4H3,(H,16,20)(H,17,19). The molecule has 1 aromatic carbocycles. The molecule has 0 atom stereocenters. The molecule has 0 saturated heterocycles. The predicted molar refractivity (Wildman–Crippen MR) is 83.1 cm³/mol. The van der Waals surface area contributed by atoms with Crippen LogP contribution < -0.4 is 10.6 Å². The molecule has 0 bridgehead atoms. The maximum absolute atomic E-state index is 12.1. The van der Waals surface area contributed by atoms with E-state index < -0.39 is 22.1 Å². The lowest BCUT2D eigenvalue weighted by Crippen LogP contribution is -2.45. The molecule has 0 saturated carbocycles. The van der Waals surface area contributed by atoms with Gasteiger partial charge in [-0.25, -0.2) is 0 Å². The van der Waals surface area contributed by atoms with Crippen LogP contribution in [0.4, 0.5) is 5.69 Å². The molecule has 120 valence electrons. The highest BCUT2D eigenvalue weighted by Crippen LogP contribution is 2.26. The van der Waals surface area contributed by atoms with Gasteiger partial charge in [0.1, 0.15) is 5.56 Å². The molecule has 2 amide bonds. The van der Waals surface area contributed by atoms with Crippen LogP contribution in [0.5, 0.6) is 0 Å². The molecule has 2 N–H and O–H groups in total. The first kappa shape index (κ1) is 17.9. The van der Waals surface area contributed by atoms with E-state index >= 15 is 0 Å². The second-order valence-corrected chi connectivity index (χ2v) is 6.29. The van der Waals surface area contributed by atoms with Crippen molar-refractivity contribution < 1.29 is 14.5 Å². The molecule has 0 heterocycles. The number of hydrogen-bond donors (Lipinski definition) is 2. The average Bonchev–Trinajstić information content (AvgIpc) is 2.32. The summed E-state index contributed by atoms with van der Waals surface area (Å²) in [5.74, 6) is -1.07. The van der Waals surface area contributed by atoms with Gasteiger partial charge in [-0.3, -0.25) is 19.7 Å². The Balaban J connectivity index is 2.91. The van der Waals surface area contributed by atoms with Gasteiger partial charge in [0.05, 0.1) is 11.5 Å². The first-order valence-corrected chi connectivity index (χ1v) is 6.93. The van der Waals surface area contributed by atoms with Gasteiger partial charge in [-0.15, -0.1) is 0 Å². The van der Waals surface area contributed by atoms with Crippen molar-refractivity contribution in [3.05, 3.63) is 38.4 Å². The number of halogens is 1. The summed E-state index contributed by atoms with van der Waals surface area (Å²) in [6, 6.07) is 2.57. The van der Waals surface area contributed by atoms with Gasteiger partial charge in [-0.05, 0) is 39.3 Å². The maximum atomic E-state index is 12.1. The Bertz CT molecular complexity index is 623. The summed E-state index contributed by atoms with van der Waals surface area (Å²) in [4.78, 5) is 34.2. The van der Waals surface area contributed by atoms with Gasteiger partial charge in [0, 0.05) is 16.6 Å². The number of aryl methyl sites for hydroxylation is 1. The van der Waals surface area contributed by atoms with Crippen LogP contribution >= 0.6 is 11.6 Å². The maximum Gasteiger partial charge on any atom is 0.283 e. The highest BCUT2D eigenvalue weighted by atomic mass is 35.5. The third-order valence-electron chi connectivity index (χ3n) is 2.63. The molecular formula is C14H18ClN3O4. The normalized spacial score (nSPS) is 11.0. The Kier molecular flexibility index (Phi) is 5.48. The number of nitrogens with zero attached hydrogens (tertiary/aromatic N) is 1. The van der Waals surface area contributed by atoms with Gasteiger partial charge in [-0.1, -0.05) is 11.6 Å². The monoisotopic (exact) mass is 327 g/mol. The second-order valence-electron chi connectivity index (χ2n) is 5.85. The Labute approximate surface area is 133 Å². The Morgan fingerprint density at radius 2 is 1.91 bits per heavy atom. The quantitative estimate of drug-likeness (QED) is 0.653. The van der Waals surface area contributed by atoms with Crippen molar-refractivity contribution in [1.29, 1.82) is 0 Å². The van der Waals surface area contributed by atoms with Crippen LogP contribution in [-0.2, 0) is 4.79 Å². The van der Waals surface area contributed by atoms with Crippen LogP contribution in [0.15, 0.2) is 12.1 Å². The van der Waals surface area contributed by atoms with Crippen molar-refractivity contribution in [2.75, 3.05) is 6.54 Å². The summed E-state index contributed by atoms with van der Waals surface area (Å²) >= 11 is 5.77. The number of hydrogen-bond acceptors (Lipinski definition) is 4. The summed E-state index contributed by atoms with van der Waals surface area (Å²) in [5, 5.41) is 16.3. The summed E-state index contributed by atoms with van der Waals surface area (Å²) in [6.07, 6.45) is 0. The highest BCUT2D eigenvalue weighted by Gasteiger charge is 2.24. The third-order valence-corrected chi connectivity index (χ3v) is 2.85. The van der Waals surface area contributed by atoms with Crippen LogP contribution in [0.3, 0.4) is 0 Å². The van der Waals surface area contributed by atoms with Crippen LogP contribution in [0.25, 0.3) is 0 Å². The number of nitro groups is 1. The fraction of sp³-hybridized carbons (Fsp3) is 0.429. The Morgan fingerprint density at radius 1 is 1.32 bits per heavy atom. The molecule has 0 fully saturated rings. The number of rotatable bonds is 4. The molecule has 0 aliphatic carbocycles. The zero-order valence-electron chi connectivity index (χ0n) is 12.8. The molecule has 7 nitrogen and oxygen atoms in total. The number of benzene rings is 1. The molecule has 0 aromatic heterocycles. The Hall–Kier alpha value is -2.15. The third kappa shape index (κ3) is 5.00. The van der Waals surface area contributed by atoms with Crippen molar-refractivity contribution >= 4 is 29.1 Å². The van der Waals surface area contributed by atoms with E-state index in [1.807, 2.05) is 0 Å². The fourth-order valence-corrected chi connectivity index (χ4v) is 2.14. The van der Waals surface area contributed by atoms with Crippen molar-refractivity contribution in [3.63, 3.8) is 0 Å². The number of amides is 2. The highest BCUT2D eigenvalue weighted by molar-refractivity contribution is 6.31. The summed E-state index contributed by atoms with van der Waals surface area (Å²) < 4.78 is 0. The van der Waals surface area contributed by atoms with E-state index in [0.29, 0.717) is 5.56 Å². The molecule has 0 spiro atoms. The lowest BCUT2D eigenvalue weighted by Gasteiger charge is -2.20. The zero-order chi connectivity index (χ0) is 17.1. The van der Waals surface area contributed by atoms with Crippen LogP contribution in [0.2, 0.25) is 5.02 Å². The molecule has 1 aromatic rings. The van der Waals surface area contributed by atoms with Gasteiger partial charge < -0.3 is 10.6 Å². The Morgan fingerprint density at radius 3 is 2.41 bits per heavy atom. The number of carbonyl (C=O) groups is 2. The summed E-state index contributed by atoms with van der Waals surface area (Å²) in [7, 11) is 0. The zero-order valence-corrected chi connectivity index (χ0v) is 13.6. The van der Waals surface area contributed by atoms with Gasteiger partial charge in [0.15, 0.2) is 0 Å². The van der Waals surface area contributed by atoms with Gasteiger partial charge >= 0.3 is 0 Å². The minimum absolute atomic E-state index is 0.0991. The molecular weight excluding hydrogens is 310 g/mol. The van der Waals surface area contributed by atoms with E-state index in [0.717, 1.165) is 6.07 Å². The smallest absolute Gasteiger partial charge is 0.283 e. The first-order chi connectivity index (χ1) is 10.0. The molecule has 1 rings (SSSR count). The summed E-state index contributed by atoms with van der Waals surface area (Å²) in [5.41, 5.74) is -0.547.